The van der Waals surface area contributed by atoms with Gasteiger partial charge in [-0.05, 0) is 128 Å². The molecule has 6 rings (SSSR count). The smallest absolute Gasteiger partial charge is 0.0650 e. The molecule has 0 radical (unpaired) electrons. The highest BCUT2D eigenvalue weighted by atomic mass is 28.2. The summed E-state index contributed by atoms with van der Waals surface area (Å²) in [6.07, 6.45) is 5.08. The molecular weight excluding hydrogens is 593 g/mol. The van der Waals surface area contributed by atoms with Gasteiger partial charge in [-0.2, -0.15) is 0 Å². The molecule has 0 bridgehead atoms. The zero-order valence-corrected chi connectivity index (χ0v) is 31.6. The van der Waals surface area contributed by atoms with Crippen LogP contribution in [0.4, 0.5) is 0 Å². The van der Waals surface area contributed by atoms with Gasteiger partial charge >= 0.3 is 0 Å². The Morgan fingerprint density at radius 2 is 0.958 bits per heavy atom. The van der Waals surface area contributed by atoms with E-state index in [0.29, 0.717) is 0 Å². The van der Waals surface area contributed by atoms with Gasteiger partial charge in [-0.3, -0.25) is 0 Å². The topological polar surface area (TPSA) is 0 Å². The molecule has 0 spiro atoms. The molecule has 5 aromatic carbocycles. The summed E-state index contributed by atoms with van der Waals surface area (Å²) in [5, 5.41) is 1.56. The Morgan fingerprint density at radius 1 is 0.479 bits per heavy atom. The van der Waals surface area contributed by atoms with Gasteiger partial charge in [0.05, 0.1) is 9.52 Å². The van der Waals surface area contributed by atoms with Crippen LogP contribution in [-0.2, 0) is 32.1 Å². The molecule has 5 aromatic rings. The number of benzene rings is 5. The zero-order chi connectivity index (χ0) is 33.8. The molecule has 1 heteroatoms. The van der Waals surface area contributed by atoms with Gasteiger partial charge in [0.2, 0.25) is 0 Å². The molecule has 1 atom stereocenters. The van der Waals surface area contributed by atoms with Gasteiger partial charge in [-0.15, -0.1) is 0 Å². The van der Waals surface area contributed by atoms with Crippen LogP contribution in [0.15, 0.2) is 132 Å². The molecular formula is C47H52Si. The van der Waals surface area contributed by atoms with Crippen molar-refractivity contribution in [3.8, 4) is 0 Å². The number of rotatable bonds is 11. The number of hydrogen-bond acceptors (Lipinski definition) is 0. The quantitative estimate of drug-likeness (QED) is 0.126. The minimum atomic E-state index is -0.822. The molecule has 1 aliphatic rings. The first-order chi connectivity index (χ1) is 23.2. The Labute approximate surface area is 292 Å². The van der Waals surface area contributed by atoms with Gasteiger partial charge in [-0.1, -0.05) is 151 Å². The molecule has 0 heterocycles. The Hall–Kier alpha value is -4.20. The molecule has 1 unspecified atom stereocenters. The highest BCUT2D eigenvalue weighted by Gasteiger charge is 2.44. The highest BCUT2D eigenvalue weighted by Crippen LogP contribution is 2.58. The Balaban J connectivity index is 1.56. The minimum absolute atomic E-state index is 0.0127. The molecule has 0 aliphatic heterocycles. The van der Waals surface area contributed by atoms with Gasteiger partial charge < -0.3 is 0 Å². The van der Waals surface area contributed by atoms with Crippen molar-refractivity contribution >= 4 is 20.3 Å². The summed E-state index contributed by atoms with van der Waals surface area (Å²) in [6.45, 7) is 16.4. The summed E-state index contributed by atoms with van der Waals surface area (Å²) in [6, 6.07) is 44.3. The third-order valence-corrected chi connectivity index (χ3v) is 13.3. The van der Waals surface area contributed by atoms with Crippen LogP contribution < -0.4 is 5.19 Å². The van der Waals surface area contributed by atoms with Crippen molar-refractivity contribution in [3.63, 3.8) is 0 Å². The molecule has 0 N–H and O–H groups in total. The van der Waals surface area contributed by atoms with Gasteiger partial charge in [0.25, 0.3) is 0 Å². The normalized spacial score (nSPS) is 16.5. The van der Waals surface area contributed by atoms with Gasteiger partial charge in [0.1, 0.15) is 0 Å². The molecule has 0 nitrogen and oxygen atoms in total. The Bertz CT molecular complexity index is 1870. The van der Waals surface area contributed by atoms with Crippen LogP contribution in [0, 0.1) is 13.8 Å². The first-order valence-electron chi connectivity index (χ1n) is 18.0. The third-order valence-electron chi connectivity index (χ3n) is 10.8. The number of aryl methyl sites for hydroxylation is 4. The standard InChI is InChI=1S/C47H52Si/c1-8-37-23-38(9-2)25-43(24-37)31-47(48-45-21-32(3)20-33(4)22-45)36(7)34(5)35(6)46(47)44-29-41(26-39-16-12-10-13-17-39)28-42(30-44)27-40-18-14-11-15-19-40/h10-25,28-30H,8-9,26-27,31,48H2,1-7H3. The molecule has 0 amide bonds. The summed E-state index contributed by atoms with van der Waals surface area (Å²) in [4.78, 5) is 0. The number of hydrogen-bond donors (Lipinski definition) is 0. The lowest BCUT2D eigenvalue weighted by Crippen LogP contribution is -2.33. The maximum atomic E-state index is 2.54. The first kappa shape index (κ1) is 33.7. The summed E-state index contributed by atoms with van der Waals surface area (Å²) in [5.41, 5.74) is 20.2. The zero-order valence-electron chi connectivity index (χ0n) is 30.2. The molecule has 0 saturated heterocycles. The number of allylic oxidation sites excluding steroid dienone is 4. The second-order valence-electron chi connectivity index (χ2n) is 14.4. The SMILES string of the molecule is CCc1cc(CC)cc(CC2([SiH2]c3cc(C)cc(C)c3)C(C)=C(C)C(C)=C2c2cc(Cc3ccccc3)cc(Cc3ccccc3)c2)c1. The second kappa shape index (κ2) is 14.5. The largest absolute Gasteiger partial charge is 0.0718 e. The summed E-state index contributed by atoms with van der Waals surface area (Å²) in [7, 11) is -0.822. The molecule has 0 saturated carbocycles. The van der Waals surface area contributed by atoms with Crippen molar-refractivity contribution in [2.45, 2.75) is 85.6 Å². The Morgan fingerprint density at radius 3 is 1.46 bits per heavy atom. The van der Waals surface area contributed by atoms with E-state index in [0.717, 1.165) is 32.1 Å². The summed E-state index contributed by atoms with van der Waals surface area (Å²) < 4.78 is 0. The van der Waals surface area contributed by atoms with Crippen LogP contribution >= 0.6 is 0 Å². The maximum absolute atomic E-state index is 2.54. The van der Waals surface area contributed by atoms with Crippen molar-refractivity contribution in [3.05, 3.63) is 188 Å². The average molecular weight is 645 g/mol. The van der Waals surface area contributed by atoms with E-state index < -0.39 is 9.52 Å². The maximum Gasteiger partial charge on any atom is 0.0718 e. The fourth-order valence-electron chi connectivity index (χ4n) is 8.36. The molecule has 0 aromatic heterocycles. The second-order valence-corrected chi connectivity index (χ2v) is 16.8. The molecule has 1 aliphatic carbocycles. The van der Waals surface area contributed by atoms with Gasteiger partial charge in [0, 0.05) is 5.04 Å². The fraction of sp³-hybridized carbons (Fsp3) is 0.277. The average Bonchev–Trinajstić information content (AvgIpc) is 3.24. The van der Waals surface area contributed by atoms with E-state index in [-0.39, 0.29) is 5.04 Å². The van der Waals surface area contributed by atoms with Gasteiger partial charge in [0.15, 0.2) is 0 Å². The van der Waals surface area contributed by atoms with Crippen LogP contribution in [0.25, 0.3) is 5.57 Å². The van der Waals surface area contributed by atoms with Crippen molar-refractivity contribution < 1.29 is 0 Å². The Kier molecular flexibility index (Phi) is 10.2. The monoisotopic (exact) mass is 644 g/mol. The lowest BCUT2D eigenvalue weighted by atomic mass is 9.81. The van der Waals surface area contributed by atoms with E-state index in [9.17, 15) is 0 Å². The molecule has 244 valence electrons. The van der Waals surface area contributed by atoms with E-state index in [4.69, 9.17) is 0 Å². The predicted octanol–water partition coefficient (Wildman–Crippen LogP) is 10.6. The molecule has 0 fully saturated rings. The van der Waals surface area contributed by atoms with E-state index in [1.165, 1.54) is 66.8 Å². The van der Waals surface area contributed by atoms with Gasteiger partial charge in [-0.25, -0.2) is 0 Å². The van der Waals surface area contributed by atoms with Crippen LogP contribution in [0.1, 0.15) is 90.3 Å². The first-order valence-corrected chi connectivity index (χ1v) is 19.4. The van der Waals surface area contributed by atoms with Crippen molar-refractivity contribution in [1.82, 2.24) is 0 Å². The van der Waals surface area contributed by atoms with Crippen molar-refractivity contribution in [1.29, 1.82) is 0 Å². The summed E-state index contributed by atoms with van der Waals surface area (Å²) in [5.74, 6) is 0. The van der Waals surface area contributed by atoms with Crippen LogP contribution in [0.5, 0.6) is 0 Å². The van der Waals surface area contributed by atoms with E-state index in [1.54, 1.807) is 16.3 Å². The third kappa shape index (κ3) is 7.27. The van der Waals surface area contributed by atoms with Crippen LogP contribution in [0.3, 0.4) is 0 Å². The van der Waals surface area contributed by atoms with E-state index >= 15 is 0 Å². The van der Waals surface area contributed by atoms with Crippen molar-refractivity contribution in [2.24, 2.45) is 0 Å². The lowest BCUT2D eigenvalue weighted by molar-refractivity contribution is 0.793. The van der Waals surface area contributed by atoms with E-state index in [2.05, 4.69) is 164 Å². The molecule has 48 heavy (non-hydrogen) atoms. The van der Waals surface area contributed by atoms with Crippen molar-refractivity contribution in [2.75, 3.05) is 0 Å². The van der Waals surface area contributed by atoms with Crippen LogP contribution in [0.2, 0.25) is 5.04 Å². The lowest BCUT2D eigenvalue weighted by Gasteiger charge is -2.37. The minimum Gasteiger partial charge on any atom is -0.0650 e. The fourth-order valence-corrected chi connectivity index (χ4v) is 11.5. The summed E-state index contributed by atoms with van der Waals surface area (Å²) >= 11 is 0. The highest BCUT2D eigenvalue weighted by molar-refractivity contribution is 6.61. The predicted molar refractivity (Wildman–Crippen MR) is 212 cm³/mol. The van der Waals surface area contributed by atoms with Crippen LogP contribution in [-0.4, -0.2) is 9.52 Å². The van der Waals surface area contributed by atoms with E-state index in [1.807, 2.05) is 0 Å².